The Bertz CT molecular complexity index is 2870. The lowest BCUT2D eigenvalue weighted by Crippen LogP contribution is -2.10. The van der Waals surface area contributed by atoms with Crippen molar-refractivity contribution < 1.29 is 4.42 Å². The molecule has 0 saturated carbocycles. The number of hydrogen-bond donors (Lipinski definition) is 0. The molecule has 1 heterocycles. The molecule has 0 amide bonds. The van der Waals surface area contributed by atoms with E-state index in [1.165, 1.54) is 43.4 Å². The van der Waals surface area contributed by atoms with Crippen LogP contribution in [0.25, 0.3) is 76.5 Å². The number of furan rings is 1. The lowest BCUT2D eigenvalue weighted by atomic mass is 9.97. The maximum Gasteiger partial charge on any atom is 0.135 e. The van der Waals surface area contributed by atoms with Gasteiger partial charge in [0.15, 0.2) is 0 Å². The number of fused-ring (bicyclic) bond motifs is 7. The van der Waals surface area contributed by atoms with Gasteiger partial charge in [-0.05, 0) is 109 Å². The van der Waals surface area contributed by atoms with Crippen LogP contribution in [-0.4, -0.2) is 0 Å². The van der Waals surface area contributed by atoms with Crippen LogP contribution < -0.4 is 4.90 Å². The summed E-state index contributed by atoms with van der Waals surface area (Å²) in [6, 6.07) is 67.7. The molecule has 0 bridgehead atoms. The summed E-state index contributed by atoms with van der Waals surface area (Å²) in [4.78, 5) is 2.37. The summed E-state index contributed by atoms with van der Waals surface area (Å²) < 4.78 is 6.14. The molecule has 0 saturated heterocycles. The predicted molar refractivity (Wildman–Crippen MR) is 212 cm³/mol. The SMILES string of the molecule is c1cc(-c2ccc3oc4ccccc4c3c2)cc(N(c2ccc(-c3cccc4ccccc34)cc2)c2ccc3c(ccc4ccccc43)c2)c1. The van der Waals surface area contributed by atoms with Gasteiger partial charge in [0.2, 0.25) is 0 Å². The highest BCUT2D eigenvalue weighted by Gasteiger charge is 2.16. The third-order valence-electron chi connectivity index (χ3n) is 10.0. The van der Waals surface area contributed by atoms with E-state index in [-0.39, 0.29) is 0 Å². The van der Waals surface area contributed by atoms with E-state index >= 15 is 0 Å². The van der Waals surface area contributed by atoms with Gasteiger partial charge < -0.3 is 9.32 Å². The van der Waals surface area contributed by atoms with Crippen LogP contribution >= 0.6 is 0 Å². The normalized spacial score (nSPS) is 11.6. The zero-order chi connectivity index (χ0) is 33.0. The van der Waals surface area contributed by atoms with Gasteiger partial charge in [0.1, 0.15) is 11.2 Å². The molecule has 0 aliphatic rings. The molecular weight excluding hydrogens is 607 g/mol. The molecule has 2 nitrogen and oxygen atoms in total. The summed E-state index contributed by atoms with van der Waals surface area (Å²) in [5, 5.41) is 9.77. The molecule has 0 spiro atoms. The molecule has 0 atom stereocenters. The third kappa shape index (κ3) is 4.73. The Morgan fingerprint density at radius 2 is 0.900 bits per heavy atom. The summed E-state index contributed by atoms with van der Waals surface area (Å²) in [6.07, 6.45) is 0. The van der Waals surface area contributed by atoms with Gasteiger partial charge in [-0.1, -0.05) is 133 Å². The van der Waals surface area contributed by atoms with Crippen LogP contribution in [0.4, 0.5) is 17.1 Å². The summed E-state index contributed by atoms with van der Waals surface area (Å²) >= 11 is 0. The Balaban J connectivity index is 1.12. The Labute approximate surface area is 290 Å². The van der Waals surface area contributed by atoms with Crippen molar-refractivity contribution in [1.82, 2.24) is 0 Å². The van der Waals surface area contributed by atoms with Crippen molar-refractivity contribution in [2.45, 2.75) is 0 Å². The molecule has 9 aromatic carbocycles. The first-order valence-corrected chi connectivity index (χ1v) is 17.1. The average Bonchev–Trinajstić information content (AvgIpc) is 3.56. The first kappa shape index (κ1) is 28.4. The van der Waals surface area contributed by atoms with Crippen LogP contribution in [0, 0.1) is 0 Å². The minimum absolute atomic E-state index is 0.905. The van der Waals surface area contributed by atoms with E-state index in [2.05, 4.69) is 181 Å². The highest BCUT2D eigenvalue weighted by molar-refractivity contribution is 6.09. The molecule has 234 valence electrons. The standard InChI is InChI=1S/C48H31NO/c1-3-14-41-32(9-1)11-8-17-43(41)34-21-24-38(25-22-34)49(40-26-27-44-37(30-40)20-19-33-10-2-4-15-42(33)44)39-13-7-12-35(29-39)36-23-28-48-46(31-36)45-16-5-6-18-47(45)50-48/h1-31H. The summed E-state index contributed by atoms with van der Waals surface area (Å²) in [5.74, 6) is 0. The van der Waals surface area contributed by atoms with Crippen LogP contribution in [0.3, 0.4) is 0 Å². The molecule has 10 rings (SSSR count). The molecule has 0 aliphatic carbocycles. The smallest absolute Gasteiger partial charge is 0.135 e. The van der Waals surface area contributed by atoms with Crippen LogP contribution in [-0.2, 0) is 0 Å². The second-order valence-corrected chi connectivity index (χ2v) is 13.0. The summed E-state index contributed by atoms with van der Waals surface area (Å²) in [7, 11) is 0. The van der Waals surface area contributed by atoms with E-state index < -0.39 is 0 Å². The maximum absolute atomic E-state index is 6.14. The molecule has 1 aromatic heterocycles. The van der Waals surface area contributed by atoms with Gasteiger partial charge in [-0.3, -0.25) is 0 Å². The Morgan fingerprint density at radius 3 is 1.78 bits per heavy atom. The van der Waals surface area contributed by atoms with Crippen LogP contribution in [0.2, 0.25) is 0 Å². The lowest BCUT2D eigenvalue weighted by Gasteiger charge is -2.27. The molecule has 10 aromatic rings. The molecule has 0 unspecified atom stereocenters. The van der Waals surface area contributed by atoms with Crippen LogP contribution in [0.15, 0.2) is 192 Å². The molecule has 0 aliphatic heterocycles. The highest BCUT2D eigenvalue weighted by atomic mass is 16.3. The quantitative estimate of drug-likeness (QED) is 0.175. The highest BCUT2D eigenvalue weighted by Crippen LogP contribution is 2.41. The lowest BCUT2D eigenvalue weighted by molar-refractivity contribution is 0.669. The molecular formula is C48H31NO. The molecule has 0 N–H and O–H groups in total. The van der Waals surface area contributed by atoms with Crippen molar-refractivity contribution in [1.29, 1.82) is 0 Å². The fourth-order valence-electron chi connectivity index (χ4n) is 7.58. The topological polar surface area (TPSA) is 16.4 Å². The van der Waals surface area contributed by atoms with Crippen molar-refractivity contribution in [2.24, 2.45) is 0 Å². The van der Waals surface area contributed by atoms with Crippen molar-refractivity contribution in [3.8, 4) is 22.3 Å². The number of para-hydroxylation sites is 1. The number of hydrogen-bond acceptors (Lipinski definition) is 2. The number of benzene rings is 9. The van der Waals surface area contributed by atoms with Gasteiger partial charge in [0.05, 0.1) is 0 Å². The van der Waals surface area contributed by atoms with Crippen LogP contribution in [0.5, 0.6) is 0 Å². The molecule has 0 radical (unpaired) electrons. The van der Waals surface area contributed by atoms with Crippen molar-refractivity contribution in [2.75, 3.05) is 4.90 Å². The van der Waals surface area contributed by atoms with E-state index in [4.69, 9.17) is 4.42 Å². The van der Waals surface area contributed by atoms with Crippen molar-refractivity contribution >= 4 is 71.3 Å². The number of anilines is 3. The number of rotatable bonds is 5. The van der Waals surface area contributed by atoms with Gasteiger partial charge in [-0.15, -0.1) is 0 Å². The summed E-state index contributed by atoms with van der Waals surface area (Å²) in [6.45, 7) is 0. The fourth-order valence-corrected chi connectivity index (χ4v) is 7.58. The third-order valence-corrected chi connectivity index (χ3v) is 10.0. The second kappa shape index (κ2) is 11.5. The predicted octanol–water partition coefficient (Wildman–Crippen LogP) is 13.8. The second-order valence-electron chi connectivity index (χ2n) is 13.0. The van der Waals surface area contributed by atoms with E-state index in [9.17, 15) is 0 Å². The first-order valence-electron chi connectivity index (χ1n) is 17.1. The van der Waals surface area contributed by atoms with Gasteiger partial charge in [-0.25, -0.2) is 0 Å². The monoisotopic (exact) mass is 637 g/mol. The Kier molecular flexibility index (Phi) is 6.53. The molecule has 2 heteroatoms. The van der Waals surface area contributed by atoms with Gasteiger partial charge in [0.25, 0.3) is 0 Å². The van der Waals surface area contributed by atoms with E-state index in [1.54, 1.807) is 0 Å². The minimum Gasteiger partial charge on any atom is -0.456 e. The molecule has 0 fully saturated rings. The van der Waals surface area contributed by atoms with Gasteiger partial charge >= 0.3 is 0 Å². The number of nitrogens with zero attached hydrogens (tertiary/aromatic N) is 1. The molecule has 50 heavy (non-hydrogen) atoms. The maximum atomic E-state index is 6.14. The zero-order valence-electron chi connectivity index (χ0n) is 27.3. The van der Waals surface area contributed by atoms with E-state index in [0.717, 1.165) is 50.1 Å². The summed E-state index contributed by atoms with van der Waals surface area (Å²) in [5.41, 5.74) is 9.87. The Hall–Kier alpha value is -6.64. The average molecular weight is 638 g/mol. The van der Waals surface area contributed by atoms with Crippen LogP contribution in [0.1, 0.15) is 0 Å². The largest absolute Gasteiger partial charge is 0.456 e. The zero-order valence-corrected chi connectivity index (χ0v) is 27.3. The Morgan fingerprint density at radius 1 is 0.300 bits per heavy atom. The first-order chi connectivity index (χ1) is 24.8. The van der Waals surface area contributed by atoms with E-state index in [1.807, 2.05) is 12.1 Å². The minimum atomic E-state index is 0.905. The van der Waals surface area contributed by atoms with E-state index in [0.29, 0.717) is 0 Å². The van der Waals surface area contributed by atoms with Crippen molar-refractivity contribution in [3.05, 3.63) is 188 Å². The van der Waals surface area contributed by atoms with Gasteiger partial charge in [0, 0.05) is 27.8 Å². The van der Waals surface area contributed by atoms with Crippen molar-refractivity contribution in [3.63, 3.8) is 0 Å². The van der Waals surface area contributed by atoms with Gasteiger partial charge in [-0.2, -0.15) is 0 Å². The fraction of sp³-hybridized carbons (Fsp3) is 0.